The molecule has 0 aliphatic carbocycles. The van der Waals surface area contributed by atoms with E-state index < -0.39 is 36.9 Å². The van der Waals surface area contributed by atoms with Gasteiger partial charge in [0.15, 0.2) is 0 Å². The molecule has 0 aromatic heterocycles. The van der Waals surface area contributed by atoms with Crippen LogP contribution in [0, 0.1) is 0 Å². The maximum absolute atomic E-state index is 12.6. The molecule has 6 nitrogen and oxygen atoms in total. The lowest BCUT2D eigenvalue weighted by molar-refractivity contribution is -0.132. The Morgan fingerprint density at radius 1 is 0.385 bits per heavy atom. The summed E-state index contributed by atoms with van der Waals surface area (Å²) in [6.45, 7) is 4.06. The molecule has 0 fully saturated rings. The topological polar surface area (TPSA) is 110 Å². The highest BCUT2D eigenvalue weighted by atomic mass is 16.3. The van der Waals surface area contributed by atoms with Gasteiger partial charge in [0.2, 0.25) is 5.91 Å². The number of hydrogen-bond acceptors (Lipinski definition) is 5. The average Bonchev–Trinajstić information content (AvgIpc) is 3.31. The summed E-state index contributed by atoms with van der Waals surface area (Å²) in [5.74, 6) is -0.591. The first-order chi connectivity index (χ1) is 32.0. The highest BCUT2D eigenvalue weighted by Gasteiger charge is 2.28. The minimum Gasteiger partial charge on any atom is -0.394 e. The molecule has 4 atom stereocenters. The maximum Gasteiger partial charge on any atom is 0.249 e. The van der Waals surface area contributed by atoms with E-state index in [1.165, 1.54) is 231 Å². The van der Waals surface area contributed by atoms with Crippen LogP contribution in [0.4, 0.5) is 0 Å². The molecule has 6 heteroatoms. The molecular formula is C59H113NO5. The number of hydrogen-bond donors (Lipinski definition) is 5. The summed E-state index contributed by atoms with van der Waals surface area (Å²) in [7, 11) is 0. The number of carbonyl (C=O) groups is 1. The molecule has 0 spiro atoms. The predicted octanol–water partition coefficient (Wildman–Crippen LogP) is 16.8. The number of amides is 1. The van der Waals surface area contributed by atoms with E-state index in [2.05, 4.69) is 55.6 Å². The van der Waals surface area contributed by atoms with Crippen molar-refractivity contribution < 1.29 is 25.2 Å². The summed E-state index contributed by atoms with van der Waals surface area (Å²) < 4.78 is 0. The third-order valence-corrected chi connectivity index (χ3v) is 13.6. The maximum atomic E-state index is 12.6. The standard InChI is InChI=1S/C59H113NO5/c1-3-5-7-9-11-13-15-17-19-20-21-22-23-24-25-26-27-28-29-30-31-32-33-34-35-36-37-39-41-43-45-47-49-51-53-57(63)59(65)60-55(54-61)58(64)56(62)52-50-48-46-44-42-40-38-18-16-14-12-10-8-6-4-2/h23-24,26-27,44,46,55-58,61-64H,3-22,25,28-43,45,47-54H2,1-2H3,(H,60,65)/b24-23-,27-26-,46-44+. The first-order valence-electron chi connectivity index (χ1n) is 28.9. The van der Waals surface area contributed by atoms with Gasteiger partial charge >= 0.3 is 0 Å². The van der Waals surface area contributed by atoms with Gasteiger partial charge in [0.25, 0.3) is 0 Å². The number of aliphatic hydroxyl groups excluding tert-OH is 4. The van der Waals surface area contributed by atoms with Gasteiger partial charge in [-0.1, -0.05) is 269 Å². The Bertz CT molecular complexity index is 1030. The summed E-state index contributed by atoms with van der Waals surface area (Å²) >= 11 is 0. The molecule has 0 aromatic carbocycles. The van der Waals surface area contributed by atoms with Gasteiger partial charge in [-0.05, 0) is 70.6 Å². The van der Waals surface area contributed by atoms with Crippen LogP contribution in [0.2, 0.25) is 0 Å². The van der Waals surface area contributed by atoms with E-state index in [9.17, 15) is 25.2 Å². The van der Waals surface area contributed by atoms with E-state index in [1.54, 1.807) is 0 Å². The van der Waals surface area contributed by atoms with Crippen LogP contribution in [-0.2, 0) is 4.79 Å². The lowest BCUT2D eigenvalue weighted by Gasteiger charge is -2.27. The number of rotatable bonds is 53. The molecule has 65 heavy (non-hydrogen) atoms. The quantitative estimate of drug-likeness (QED) is 0.0308. The normalized spacial score (nSPS) is 14.0. The van der Waals surface area contributed by atoms with Gasteiger partial charge in [0.1, 0.15) is 12.2 Å². The highest BCUT2D eigenvalue weighted by molar-refractivity contribution is 5.80. The first kappa shape index (κ1) is 63.5. The van der Waals surface area contributed by atoms with Gasteiger partial charge in [-0.25, -0.2) is 0 Å². The Labute approximate surface area is 405 Å². The summed E-state index contributed by atoms with van der Waals surface area (Å²) in [5.41, 5.74) is 0. The van der Waals surface area contributed by atoms with Crippen LogP contribution >= 0.6 is 0 Å². The Kier molecular flexibility index (Phi) is 52.3. The molecule has 0 radical (unpaired) electrons. The second kappa shape index (κ2) is 53.5. The van der Waals surface area contributed by atoms with Crippen LogP contribution in [-0.4, -0.2) is 57.3 Å². The zero-order chi connectivity index (χ0) is 47.4. The Morgan fingerprint density at radius 2 is 0.677 bits per heavy atom. The van der Waals surface area contributed by atoms with E-state index >= 15 is 0 Å². The predicted molar refractivity (Wildman–Crippen MR) is 284 cm³/mol. The van der Waals surface area contributed by atoms with Crippen LogP contribution < -0.4 is 5.32 Å². The summed E-state index contributed by atoms with van der Waals surface area (Å²) in [4.78, 5) is 12.6. The third kappa shape index (κ3) is 47.4. The number of nitrogens with one attached hydrogen (secondary N) is 1. The average molecular weight is 917 g/mol. The Balaban J connectivity index is 3.58. The van der Waals surface area contributed by atoms with Gasteiger partial charge in [0.05, 0.1) is 18.8 Å². The van der Waals surface area contributed by atoms with E-state index in [0.717, 1.165) is 44.9 Å². The molecule has 5 N–H and O–H groups in total. The zero-order valence-corrected chi connectivity index (χ0v) is 43.5. The summed E-state index contributed by atoms with van der Waals surface area (Å²) in [5, 5.41) is 43.9. The minimum atomic E-state index is -1.28. The van der Waals surface area contributed by atoms with Gasteiger partial charge in [0, 0.05) is 0 Å². The van der Waals surface area contributed by atoms with Crippen molar-refractivity contribution in [2.45, 2.75) is 327 Å². The molecule has 0 aliphatic rings. The molecule has 0 aliphatic heterocycles. The fourth-order valence-electron chi connectivity index (χ4n) is 9.03. The molecule has 0 bridgehead atoms. The second-order valence-electron chi connectivity index (χ2n) is 20.0. The van der Waals surface area contributed by atoms with Gasteiger partial charge in [-0.3, -0.25) is 4.79 Å². The van der Waals surface area contributed by atoms with Crippen molar-refractivity contribution in [1.82, 2.24) is 5.32 Å². The van der Waals surface area contributed by atoms with Gasteiger partial charge < -0.3 is 25.7 Å². The first-order valence-corrected chi connectivity index (χ1v) is 28.9. The Hall–Kier alpha value is -1.47. The van der Waals surface area contributed by atoms with Crippen molar-refractivity contribution in [3.63, 3.8) is 0 Å². The number of carbonyl (C=O) groups excluding carboxylic acids is 1. The van der Waals surface area contributed by atoms with Crippen LogP contribution in [0.1, 0.15) is 303 Å². The molecule has 0 heterocycles. The van der Waals surface area contributed by atoms with E-state index in [1.807, 2.05) is 0 Å². The van der Waals surface area contributed by atoms with Gasteiger partial charge in [-0.2, -0.15) is 0 Å². The zero-order valence-electron chi connectivity index (χ0n) is 43.5. The molecule has 1 amide bonds. The Morgan fingerprint density at radius 3 is 1.02 bits per heavy atom. The van der Waals surface area contributed by atoms with Crippen molar-refractivity contribution in [3.8, 4) is 0 Å². The summed E-state index contributed by atoms with van der Waals surface area (Å²) in [6.07, 6.45) is 66.6. The number of allylic oxidation sites excluding steroid dienone is 6. The molecule has 384 valence electrons. The molecule has 0 saturated heterocycles. The van der Waals surface area contributed by atoms with Crippen LogP contribution in [0.3, 0.4) is 0 Å². The molecule has 4 unspecified atom stereocenters. The SMILES string of the molecule is CCCCCCCCCCCC/C=C/CCCC(O)C(O)C(CO)NC(=O)C(O)CCCCCCCCCCCCCCCCCC/C=C\C/C=C\CCCCCCCCCCCCC. The van der Waals surface area contributed by atoms with Crippen LogP contribution in [0.25, 0.3) is 0 Å². The fraction of sp³-hybridized carbons (Fsp3) is 0.881. The number of unbranched alkanes of at least 4 members (excludes halogenated alkanes) is 38. The van der Waals surface area contributed by atoms with E-state index in [4.69, 9.17) is 0 Å². The molecule has 0 saturated carbocycles. The van der Waals surface area contributed by atoms with Crippen molar-refractivity contribution >= 4 is 5.91 Å². The van der Waals surface area contributed by atoms with E-state index in [-0.39, 0.29) is 0 Å². The monoisotopic (exact) mass is 916 g/mol. The fourth-order valence-corrected chi connectivity index (χ4v) is 9.03. The largest absolute Gasteiger partial charge is 0.394 e. The lowest BCUT2D eigenvalue weighted by Crippen LogP contribution is -2.53. The second-order valence-corrected chi connectivity index (χ2v) is 20.0. The molecule has 0 aromatic rings. The molecular weight excluding hydrogens is 803 g/mol. The highest BCUT2D eigenvalue weighted by Crippen LogP contribution is 2.17. The van der Waals surface area contributed by atoms with E-state index in [0.29, 0.717) is 12.8 Å². The third-order valence-electron chi connectivity index (χ3n) is 13.6. The van der Waals surface area contributed by atoms with Crippen molar-refractivity contribution in [1.29, 1.82) is 0 Å². The lowest BCUT2D eigenvalue weighted by atomic mass is 10.00. The molecule has 0 rings (SSSR count). The van der Waals surface area contributed by atoms with Gasteiger partial charge in [-0.15, -0.1) is 0 Å². The van der Waals surface area contributed by atoms with Crippen LogP contribution in [0.15, 0.2) is 36.5 Å². The summed E-state index contributed by atoms with van der Waals surface area (Å²) in [6, 6.07) is -1.00. The smallest absolute Gasteiger partial charge is 0.249 e. The van der Waals surface area contributed by atoms with Crippen molar-refractivity contribution in [2.75, 3.05) is 6.61 Å². The van der Waals surface area contributed by atoms with Crippen molar-refractivity contribution in [2.24, 2.45) is 0 Å². The van der Waals surface area contributed by atoms with Crippen molar-refractivity contribution in [3.05, 3.63) is 36.5 Å². The number of aliphatic hydroxyl groups is 4. The minimum absolute atomic E-state index is 0.364. The van der Waals surface area contributed by atoms with Crippen LogP contribution in [0.5, 0.6) is 0 Å².